The smallest absolute Gasteiger partial charge is 0.225 e. The first-order chi connectivity index (χ1) is 11.9. The number of aryl methyl sites for hydroxylation is 3. The van der Waals surface area contributed by atoms with Crippen molar-refractivity contribution in [1.29, 1.82) is 0 Å². The van der Waals surface area contributed by atoms with Crippen molar-refractivity contribution in [2.75, 3.05) is 31.2 Å². The maximum atomic E-state index is 5.47. The first-order valence-electron chi connectivity index (χ1n) is 9.15. The summed E-state index contributed by atoms with van der Waals surface area (Å²) < 4.78 is 5.47. The van der Waals surface area contributed by atoms with E-state index < -0.39 is 0 Å². The summed E-state index contributed by atoms with van der Waals surface area (Å²) in [5.74, 6) is 0.919. The standard InChI is InChI=1S/C20H25N3O/c1-2-6-16(7-3-1)10-11-19-17-8-4-5-9-18(17)21-20(22-19)23-12-14-24-15-13-23/h1-3,6-7H,4-5,8-15H2. The molecule has 0 bridgehead atoms. The summed E-state index contributed by atoms with van der Waals surface area (Å²) >= 11 is 0. The Hall–Kier alpha value is -1.94. The molecular weight excluding hydrogens is 298 g/mol. The molecule has 4 heteroatoms. The molecule has 2 heterocycles. The molecule has 1 aliphatic heterocycles. The van der Waals surface area contributed by atoms with E-state index in [1.807, 2.05) is 0 Å². The predicted octanol–water partition coefficient (Wildman–Crippen LogP) is 2.98. The Kier molecular flexibility index (Phi) is 4.74. The second-order valence-corrected chi connectivity index (χ2v) is 6.69. The second-order valence-electron chi connectivity index (χ2n) is 6.69. The molecule has 4 nitrogen and oxygen atoms in total. The van der Waals surface area contributed by atoms with E-state index in [9.17, 15) is 0 Å². The van der Waals surface area contributed by atoms with E-state index in [0.717, 1.165) is 57.9 Å². The SMILES string of the molecule is c1ccc(CCc2nc(N3CCOCC3)nc3c2CCCC3)cc1. The van der Waals surface area contributed by atoms with Crippen LogP contribution in [0.1, 0.15) is 35.4 Å². The minimum absolute atomic E-state index is 0.778. The minimum Gasteiger partial charge on any atom is -0.378 e. The topological polar surface area (TPSA) is 38.2 Å². The molecule has 1 saturated heterocycles. The molecule has 0 saturated carbocycles. The summed E-state index contributed by atoms with van der Waals surface area (Å²) in [7, 11) is 0. The summed E-state index contributed by atoms with van der Waals surface area (Å²) in [4.78, 5) is 12.2. The van der Waals surface area contributed by atoms with Gasteiger partial charge in [-0.1, -0.05) is 30.3 Å². The fourth-order valence-corrected chi connectivity index (χ4v) is 3.68. The summed E-state index contributed by atoms with van der Waals surface area (Å²) in [6.45, 7) is 3.35. The van der Waals surface area contributed by atoms with Gasteiger partial charge in [-0.15, -0.1) is 0 Å². The molecule has 1 aliphatic carbocycles. The number of ether oxygens (including phenoxy) is 1. The highest BCUT2D eigenvalue weighted by atomic mass is 16.5. The van der Waals surface area contributed by atoms with Crippen LogP contribution >= 0.6 is 0 Å². The van der Waals surface area contributed by atoms with E-state index in [2.05, 4.69) is 35.2 Å². The molecule has 126 valence electrons. The van der Waals surface area contributed by atoms with E-state index in [-0.39, 0.29) is 0 Å². The average Bonchev–Trinajstić information content (AvgIpc) is 2.67. The lowest BCUT2D eigenvalue weighted by atomic mass is 9.92. The molecule has 2 aromatic rings. The zero-order valence-corrected chi connectivity index (χ0v) is 14.2. The number of morpholine rings is 1. The number of hydrogen-bond acceptors (Lipinski definition) is 4. The van der Waals surface area contributed by atoms with Crippen LogP contribution in [0.15, 0.2) is 30.3 Å². The third-order valence-corrected chi connectivity index (χ3v) is 5.04. The number of fused-ring (bicyclic) bond motifs is 1. The molecule has 1 aromatic carbocycles. The predicted molar refractivity (Wildman–Crippen MR) is 95.6 cm³/mol. The molecule has 2 aliphatic rings. The zero-order chi connectivity index (χ0) is 16.2. The van der Waals surface area contributed by atoms with Crippen LogP contribution in [0.3, 0.4) is 0 Å². The third-order valence-electron chi connectivity index (χ3n) is 5.04. The molecular formula is C20H25N3O. The largest absolute Gasteiger partial charge is 0.378 e. The molecule has 4 rings (SSSR count). The van der Waals surface area contributed by atoms with Gasteiger partial charge in [0.1, 0.15) is 0 Å². The summed E-state index contributed by atoms with van der Waals surface area (Å²) in [6, 6.07) is 10.7. The van der Waals surface area contributed by atoms with E-state index in [1.165, 1.54) is 35.4 Å². The quantitative estimate of drug-likeness (QED) is 0.867. The number of nitrogens with zero attached hydrogens (tertiary/aromatic N) is 3. The normalized spacial score (nSPS) is 17.6. The molecule has 0 amide bonds. The van der Waals surface area contributed by atoms with Crippen molar-refractivity contribution in [3.8, 4) is 0 Å². The van der Waals surface area contributed by atoms with Crippen molar-refractivity contribution in [2.45, 2.75) is 38.5 Å². The number of rotatable bonds is 4. The van der Waals surface area contributed by atoms with Gasteiger partial charge in [-0.3, -0.25) is 0 Å². The van der Waals surface area contributed by atoms with Crippen molar-refractivity contribution in [3.63, 3.8) is 0 Å². The van der Waals surface area contributed by atoms with Crippen LogP contribution in [0.2, 0.25) is 0 Å². The molecule has 0 atom stereocenters. The van der Waals surface area contributed by atoms with E-state index in [4.69, 9.17) is 14.7 Å². The Morgan fingerprint density at radius 2 is 1.71 bits per heavy atom. The third kappa shape index (κ3) is 3.44. The Morgan fingerprint density at radius 1 is 0.917 bits per heavy atom. The summed E-state index contributed by atoms with van der Waals surface area (Å²) in [5, 5.41) is 0. The van der Waals surface area contributed by atoms with Gasteiger partial charge < -0.3 is 9.64 Å². The van der Waals surface area contributed by atoms with Crippen molar-refractivity contribution in [1.82, 2.24) is 9.97 Å². The molecule has 0 unspecified atom stereocenters. The van der Waals surface area contributed by atoms with Crippen molar-refractivity contribution >= 4 is 5.95 Å². The molecule has 0 N–H and O–H groups in total. The molecule has 1 fully saturated rings. The zero-order valence-electron chi connectivity index (χ0n) is 14.2. The number of hydrogen-bond donors (Lipinski definition) is 0. The lowest BCUT2D eigenvalue weighted by molar-refractivity contribution is 0.122. The van der Waals surface area contributed by atoms with Crippen LogP contribution in [-0.2, 0) is 30.4 Å². The van der Waals surface area contributed by atoms with Crippen LogP contribution in [0, 0.1) is 0 Å². The maximum absolute atomic E-state index is 5.47. The van der Waals surface area contributed by atoms with E-state index >= 15 is 0 Å². The van der Waals surface area contributed by atoms with Crippen LogP contribution in [0.4, 0.5) is 5.95 Å². The van der Waals surface area contributed by atoms with Gasteiger partial charge in [0.05, 0.1) is 13.2 Å². The highest BCUT2D eigenvalue weighted by Gasteiger charge is 2.21. The number of aromatic nitrogens is 2. The van der Waals surface area contributed by atoms with Crippen LogP contribution in [0.5, 0.6) is 0 Å². The Balaban J connectivity index is 1.60. The average molecular weight is 323 g/mol. The van der Waals surface area contributed by atoms with Gasteiger partial charge in [0.15, 0.2) is 0 Å². The van der Waals surface area contributed by atoms with Gasteiger partial charge in [0.25, 0.3) is 0 Å². The van der Waals surface area contributed by atoms with Gasteiger partial charge in [0.2, 0.25) is 5.95 Å². The minimum atomic E-state index is 0.778. The summed E-state index contributed by atoms with van der Waals surface area (Å²) in [5.41, 5.74) is 5.37. The number of anilines is 1. The lowest BCUT2D eigenvalue weighted by Crippen LogP contribution is -2.38. The Labute approximate surface area is 143 Å². The first-order valence-corrected chi connectivity index (χ1v) is 9.15. The van der Waals surface area contributed by atoms with Crippen LogP contribution < -0.4 is 4.90 Å². The molecule has 1 aromatic heterocycles. The maximum Gasteiger partial charge on any atom is 0.225 e. The highest BCUT2D eigenvalue weighted by molar-refractivity contribution is 5.39. The summed E-state index contributed by atoms with van der Waals surface area (Å²) in [6.07, 6.45) is 6.83. The monoisotopic (exact) mass is 323 g/mol. The lowest BCUT2D eigenvalue weighted by Gasteiger charge is -2.29. The molecule has 0 radical (unpaired) electrons. The Morgan fingerprint density at radius 3 is 2.54 bits per heavy atom. The van der Waals surface area contributed by atoms with Crippen molar-refractivity contribution < 1.29 is 4.74 Å². The van der Waals surface area contributed by atoms with E-state index in [0.29, 0.717) is 0 Å². The highest BCUT2D eigenvalue weighted by Crippen LogP contribution is 2.26. The van der Waals surface area contributed by atoms with Crippen LogP contribution in [-0.4, -0.2) is 36.3 Å². The van der Waals surface area contributed by atoms with Gasteiger partial charge in [0, 0.05) is 24.5 Å². The first kappa shape index (κ1) is 15.6. The second kappa shape index (κ2) is 7.31. The molecule has 24 heavy (non-hydrogen) atoms. The molecule has 0 spiro atoms. The van der Waals surface area contributed by atoms with Gasteiger partial charge in [-0.25, -0.2) is 9.97 Å². The van der Waals surface area contributed by atoms with Crippen molar-refractivity contribution in [3.05, 3.63) is 52.8 Å². The van der Waals surface area contributed by atoms with E-state index in [1.54, 1.807) is 0 Å². The fourth-order valence-electron chi connectivity index (χ4n) is 3.68. The van der Waals surface area contributed by atoms with Gasteiger partial charge in [-0.2, -0.15) is 0 Å². The fraction of sp³-hybridized carbons (Fsp3) is 0.500. The van der Waals surface area contributed by atoms with Gasteiger partial charge >= 0.3 is 0 Å². The van der Waals surface area contributed by atoms with Gasteiger partial charge in [-0.05, 0) is 49.7 Å². The Bertz CT molecular complexity index is 681. The van der Waals surface area contributed by atoms with Crippen molar-refractivity contribution in [2.24, 2.45) is 0 Å². The number of benzene rings is 1. The van der Waals surface area contributed by atoms with Crippen LogP contribution in [0.25, 0.3) is 0 Å².